The van der Waals surface area contributed by atoms with Crippen molar-refractivity contribution in [2.24, 2.45) is 38.4 Å². The first kappa shape index (κ1) is 193. The van der Waals surface area contributed by atoms with Gasteiger partial charge < -0.3 is 33.2 Å². The fraction of sp³-hybridized carbons (Fsp3) is 0.684. The number of esters is 7. The first-order valence-corrected chi connectivity index (χ1v) is 41.9. The quantitative estimate of drug-likeness (QED) is 0.0206. The van der Waals surface area contributed by atoms with E-state index >= 15 is 0 Å². The summed E-state index contributed by atoms with van der Waals surface area (Å²) in [4.78, 5) is 84.3. The molecule has 0 saturated heterocycles. The van der Waals surface area contributed by atoms with E-state index in [1.54, 1.807) is 67.6 Å². The van der Waals surface area contributed by atoms with Crippen molar-refractivity contribution < 1.29 is 119 Å². The van der Waals surface area contributed by atoms with E-state index in [-0.39, 0.29) is 248 Å². The molecule has 0 spiro atoms. The summed E-state index contributed by atoms with van der Waals surface area (Å²) in [5.74, 6) is -3.29. The lowest BCUT2D eigenvalue weighted by molar-refractivity contribution is -0.316. The van der Waals surface area contributed by atoms with Gasteiger partial charge >= 0.3 is 66.5 Å². The SMILES string of the molecule is C.C.C.C.C.C.C.C.C.C.C.C.C.C.C.C.C.C.C.C.C.C.CCC(C)(CC(C)(C)C(=O)OCc1ccccc1)C(=O)OC(C(F)(F)F)C(F)(F)F.CCC(C)(CC(C)c1ccccc1)C(=O)OC(C(F)(F)F)C(F)(F)F.CCCOC(=O)C(C)(CC)CC(C)c1ccccc1.CCCOC(=O)C(C)(CC)CC(C)c1ccccc1.CCCOC(=O)C(C)(CC)CC(C)c1ccccc1.CCOC(=O)C(C)CC. The van der Waals surface area contributed by atoms with Crippen LogP contribution in [0.3, 0.4) is 0 Å². The van der Waals surface area contributed by atoms with Crippen LogP contribution in [0.25, 0.3) is 0 Å². The van der Waals surface area contributed by atoms with Crippen LogP contribution in [-0.2, 0) is 73.3 Å². The van der Waals surface area contributed by atoms with Gasteiger partial charge in [0.1, 0.15) is 6.61 Å². The van der Waals surface area contributed by atoms with Crippen molar-refractivity contribution in [2.75, 3.05) is 26.4 Å². The van der Waals surface area contributed by atoms with Gasteiger partial charge in [0.25, 0.3) is 12.2 Å². The molecule has 0 aliphatic carbocycles. The van der Waals surface area contributed by atoms with Gasteiger partial charge in [0.15, 0.2) is 0 Å². The Morgan fingerprint density at radius 3 is 0.657 bits per heavy atom. The molecule has 10 atom stereocenters. The second-order valence-electron chi connectivity index (χ2n) is 33.0. The Morgan fingerprint density at radius 2 is 0.469 bits per heavy atom. The molecule has 5 rings (SSSR count). The zero-order chi connectivity index (χ0) is 93.0. The highest BCUT2D eigenvalue weighted by Gasteiger charge is 2.62. The summed E-state index contributed by atoms with van der Waals surface area (Å²) in [6.45, 7) is 42.4. The minimum Gasteiger partial charge on any atom is -0.466 e. The number of carbonyl (C=O) groups excluding carboxylic acids is 7. The van der Waals surface area contributed by atoms with E-state index < -0.39 is 71.1 Å². The summed E-state index contributed by atoms with van der Waals surface area (Å²) in [6.07, 6.45) is -23.4. The van der Waals surface area contributed by atoms with Crippen LogP contribution in [0.5, 0.6) is 0 Å². The summed E-state index contributed by atoms with van der Waals surface area (Å²) in [5.41, 5.74) is -0.394. The van der Waals surface area contributed by atoms with Gasteiger partial charge in [-0.15, -0.1) is 0 Å². The molecule has 10 unspecified atom stereocenters. The number of hydrogen-bond acceptors (Lipinski definition) is 14. The third kappa shape index (κ3) is 69.4. The molecular formula is C117H224F12O14. The minimum absolute atomic E-state index is 0. The number of carbonyl (C=O) groups is 7. The number of halogens is 12. The predicted molar refractivity (Wildman–Crippen MR) is 596 cm³/mol. The molecule has 14 nitrogen and oxygen atoms in total. The Morgan fingerprint density at radius 1 is 0.266 bits per heavy atom. The van der Waals surface area contributed by atoms with Gasteiger partial charge in [-0.1, -0.05) is 412 Å². The first-order chi connectivity index (χ1) is 56.1. The van der Waals surface area contributed by atoms with Crippen LogP contribution in [0.15, 0.2) is 152 Å². The van der Waals surface area contributed by atoms with Crippen LogP contribution >= 0.6 is 0 Å². The molecule has 0 bridgehead atoms. The van der Waals surface area contributed by atoms with Crippen LogP contribution in [0.2, 0.25) is 0 Å². The Labute approximate surface area is 873 Å². The third-order valence-electron chi connectivity index (χ3n) is 21.7. The molecule has 0 saturated carbocycles. The number of alkyl halides is 12. The van der Waals surface area contributed by atoms with E-state index in [0.29, 0.717) is 49.7 Å². The van der Waals surface area contributed by atoms with Gasteiger partial charge in [0, 0.05) is 0 Å². The predicted octanol–water partition coefficient (Wildman–Crippen LogP) is 40.5. The number of ether oxygens (including phenoxy) is 7. The van der Waals surface area contributed by atoms with Crippen molar-refractivity contribution in [1.82, 2.24) is 0 Å². The van der Waals surface area contributed by atoms with Crippen LogP contribution in [0, 0.1) is 38.4 Å². The van der Waals surface area contributed by atoms with E-state index in [1.165, 1.54) is 51.3 Å². The average molecular weight is 2080 g/mol. The lowest BCUT2D eigenvalue weighted by Gasteiger charge is -2.35. The molecule has 5 aromatic rings. The molecule has 0 radical (unpaired) electrons. The molecule has 0 aliphatic rings. The average Bonchev–Trinajstić information content (AvgIpc) is 0.776. The third-order valence-corrected chi connectivity index (χ3v) is 21.7. The molecule has 0 N–H and O–H groups in total. The normalized spacial score (nSPS) is 13.0. The minimum atomic E-state index is -5.81. The van der Waals surface area contributed by atoms with Gasteiger partial charge in [-0.25, -0.2) is 0 Å². The maximum absolute atomic E-state index is 12.7. The number of benzene rings is 5. The van der Waals surface area contributed by atoms with Crippen molar-refractivity contribution in [1.29, 1.82) is 0 Å². The zero-order valence-corrected chi connectivity index (χ0v) is 75.2. The Balaban J connectivity index is -0.0000000570. The van der Waals surface area contributed by atoms with Crippen LogP contribution in [0.1, 0.15) is 457 Å². The second-order valence-corrected chi connectivity index (χ2v) is 33.0. The molecule has 860 valence electrons. The van der Waals surface area contributed by atoms with E-state index in [0.717, 1.165) is 76.7 Å². The fourth-order valence-corrected chi connectivity index (χ4v) is 12.8. The smallest absolute Gasteiger partial charge is 0.434 e. The van der Waals surface area contributed by atoms with E-state index in [4.69, 9.17) is 23.7 Å². The lowest BCUT2D eigenvalue weighted by atomic mass is 9.72. The van der Waals surface area contributed by atoms with Gasteiger partial charge in [-0.2, -0.15) is 52.7 Å². The van der Waals surface area contributed by atoms with Crippen LogP contribution < -0.4 is 0 Å². The van der Waals surface area contributed by atoms with Gasteiger partial charge in [0.05, 0.1) is 64.8 Å². The largest absolute Gasteiger partial charge is 0.466 e. The van der Waals surface area contributed by atoms with Crippen molar-refractivity contribution in [2.45, 2.75) is 473 Å². The van der Waals surface area contributed by atoms with Crippen molar-refractivity contribution in [3.63, 3.8) is 0 Å². The Kier molecular flexibility index (Phi) is 124. The van der Waals surface area contributed by atoms with Crippen LogP contribution in [-0.4, -0.2) is 105 Å². The molecule has 0 amide bonds. The Hall–Kier alpha value is -8.45. The molecular weight excluding hydrogens is 1860 g/mol. The van der Waals surface area contributed by atoms with Crippen molar-refractivity contribution >= 4 is 41.8 Å². The fourth-order valence-electron chi connectivity index (χ4n) is 12.8. The molecule has 0 aromatic heterocycles. The van der Waals surface area contributed by atoms with Crippen LogP contribution in [0.4, 0.5) is 52.7 Å². The lowest BCUT2D eigenvalue weighted by Crippen LogP contribution is -2.48. The first-order valence-electron chi connectivity index (χ1n) is 41.9. The molecule has 0 heterocycles. The maximum atomic E-state index is 12.7. The molecule has 0 fully saturated rings. The second kappa shape index (κ2) is 92.2. The standard InChI is InChI=1S/C20H24F6O4.C17H20F6O2.3C17H26O2.C7H14O2.22CH4/c1-5-18(4,16(28)30-14(19(21,22)23)20(24,25)26)12-17(2,3)15(27)29-11-13-9-7-6-8-10-13;1-4-15(3,10-11(2)12-8-6-5-7-9-12)14(24)25-13(16(18,19)20)17(21,22)23;3*1-5-12-19-16(18)17(4,6-2)13-14(3)15-10-8-7-9-11-15;1-4-6(3)7(8)9-5-2;;;;;;;;;;;;;;;;;;;;;;/h6-10,14H,5,11-12H2,1-4H3;5-9,11,13H,4,10H2,1-3H3;3*7-11,14H,5-6,12-13H2,1-4H3;6H,4-5H2,1-3H3;22*1H4. The van der Waals surface area contributed by atoms with Gasteiger partial charge in [0.2, 0.25) is 0 Å². The summed E-state index contributed by atoms with van der Waals surface area (Å²) < 4.78 is 186. The molecule has 0 aliphatic heterocycles. The van der Waals surface area contributed by atoms with Crippen molar-refractivity contribution in [3.05, 3.63) is 179 Å². The van der Waals surface area contributed by atoms with Crippen molar-refractivity contribution in [3.8, 4) is 0 Å². The maximum Gasteiger partial charge on any atom is 0.434 e. The van der Waals surface area contributed by atoms with Gasteiger partial charge in [-0.3, -0.25) is 33.6 Å². The van der Waals surface area contributed by atoms with E-state index in [2.05, 4.69) is 87.4 Å². The van der Waals surface area contributed by atoms with E-state index in [9.17, 15) is 86.2 Å². The zero-order valence-electron chi connectivity index (χ0n) is 75.2. The topological polar surface area (TPSA) is 184 Å². The highest BCUT2D eigenvalue weighted by Crippen LogP contribution is 2.45. The molecule has 143 heavy (non-hydrogen) atoms. The molecule has 26 heteroatoms. The summed E-state index contributed by atoms with van der Waals surface area (Å²) in [7, 11) is 0. The summed E-state index contributed by atoms with van der Waals surface area (Å²) >= 11 is 0. The highest BCUT2D eigenvalue weighted by atomic mass is 19.4. The summed E-state index contributed by atoms with van der Waals surface area (Å²) in [6, 6.07) is 48.6. The number of rotatable bonds is 38. The number of hydrogen-bond donors (Lipinski definition) is 0. The van der Waals surface area contributed by atoms with Gasteiger partial charge in [-0.05, 0) is 197 Å². The summed E-state index contributed by atoms with van der Waals surface area (Å²) in [5, 5.41) is 0. The van der Waals surface area contributed by atoms with E-state index in [1.807, 2.05) is 117 Å². The molecule has 5 aromatic carbocycles. The monoisotopic (exact) mass is 2080 g/mol. The Bertz CT molecular complexity index is 3550. The highest BCUT2D eigenvalue weighted by molar-refractivity contribution is 5.81.